The number of carbonyl (C=O) groups is 1. The maximum Gasteiger partial charge on any atom is 0.351 e. The predicted octanol–water partition coefficient (Wildman–Crippen LogP) is 2.73. The first-order valence-electron chi connectivity index (χ1n) is 5.83. The number of anilines is 1. The largest absolute Gasteiger partial charge is 0.465 e. The Labute approximate surface area is 125 Å². The van der Waals surface area contributed by atoms with E-state index in [9.17, 15) is 9.90 Å². The minimum Gasteiger partial charge on any atom is -0.465 e. The average Bonchev–Trinajstić information content (AvgIpc) is 2.86. The molecule has 0 spiro atoms. The minimum absolute atomic E-state index is 0.0959. The van der Waals surface area contributed by atoms with Gasteiger partial charge in [0.1, 0.15) is 0 Å². The fraction of sp³-hybridized carbons (Fsp3) is 0.231. The number of ether oxygens (including phenoxy) is 1. The second-order valence-electron chi connectivity index (χ2n) is 3.94. The summed E-state index contributed by atoms with van der Waals surface area (Å²) >= 11 is 6.94. The van der Waals surface area contributed by atoms with Crippen LogP contribution < -0.4 is 5.32 Å². The summed E-state index contributed by atoms with van der Waals surface area (Å²) in [4.78, 5) is 15.6. The van der Waals surface area contributed by atoms with E-state index in [1.54, 1.807) is 0 Å². The maximum absolute atomic E-state index is 11.4. The molecule has 1 heterocycles. The van der Waals surface area contributed by atoms with Crippen LogP contribution in [0.25, 0.3) is 0 Å². The molecule has 20 heavy (non-hydrogen) atoms. The van der Waals surface area contributed by atoms with Gasteiger partial charge >= 0.3 is 5.97 Å². The number of rotatable bonds is 5. The molecule has 1 unspecified atom stereocenters. The Morgan fingerprint density at radius 3 is 2.85 bits per heavy atom. The van der Waals surface area contributed by atoms with Gasteiger partial charge in [-0.05, 0) is 5.56 Å². The van der Waals surface area contributed by atoms with Crippen molar-refractivity contribution in [1.29, 1.82) is 0 Å². The predicted molar refractivity (Wildman–Crippen MR) is 78.4 cm³/mol. The standard InChI is InChI=1S/C13H13ClN2O3S/c1-19-12(18)10-11(14)16-13(20-10)15-7-9(17)8-5-3-2-4-6-8/h2-6,9,17H,7H2,1H3,(H,15,16). The molecule has 0 saturated carbocycles. The average molecular weight is 313 g/mol. The van der Waals surface area contributed by atoms with E-state index in [0.29, 0.717) is 5.13 Å². The van der Waals surface area contributed by atoms with Crippen LogP contribution in [0.2, 0.25) is 5.15 Å². The molecule has 2 N–H and O–H groups in total. The van der Waals surface area contributed by atoms with Crippen LogP contribution in [-0.2, 0) is 4.74 Å². The number of nitrogens with zero attached hydrogens (tertiary/aromatic N) is 1. The summed E-state index contributed by atoms with van der Waals surface area (Å²) < 4.78 is 4.60. The van der Waals surface area contributed by atoms with Crippen molar-refractivity contribution >= 4 is 34.0 Å². The molecule has 0 aliphatic carbocycles. The second kappa shape index (κ2) is 6.69. The van der Waals surface area contributed by atoms with Crippen molar-refractivity contribution in [2.24, 2.45) is 0 Å². The minimum atomic E-state index is -0.666. The van der Waals surface area contributed by atoms with Crippen LogP contribution >= 0.6 is 22.9 Å². The lowest BCUT2D eigenvalue weighted by Crippen LogP contribution is -2.11. The van der Waals surface area contributed by atoms with Gasteiger partial charge in [0.05, 0.1) is 13.2 Å². The summed E-state index contributed by atoms with van der Waals surface area (Å²) in [5.41, 5.74) is 0.802. The van der Waals surface area contributed by atoms with Crippen LogP contribution in [0.15, 0.2) is 30.3 Å². The number of halogens is 1. The van der Waals surface area contributed by atoms with Crippen LogP contribution in [0, 0.1) is 0 Å². The summed E-state index contributed by atoms with van der Waals surface area (Å²) in [5.74, 6) is -0.524. The quantitative estimate of drug-likeness (QED) is 0.831. The first-order valence-corrected chi connectivity index (χ1v) is 7.02. The Morgan fingerprint density at radius 2 is 2.20 bits per heavy atom. The number of hydrogen-bond acceptors (Lipinski definition) is 6. The summed E-state index contributed by atoms with van der Waals surface area (Å²) in [5, 5.41) is 13.5. The zero-order valence-corrected chi connectivity index (χ0v) is 12.2. The molecule has 0 aliphatic rings. The summed E-state index contributed by atoms with van der Waals surface area (Å²) in [7, 11) is 1.28. The molecule has 5 nitrogen and oxygen atoms in total. The van der Waals surface area contributed by atoms with Crippen molar-refractivity contribution in [1.82, 2.24) is 4.98 Å². The normalized spacial score (nSPS) is 11.9. The molecule has 0 saturated heterocycles. The second-order valence-corrected chi connectivity index (χ2v) is 5.29. The van der Waals surface area contributed by atoms with Gasteiger partial charge in [-0.15, -0.1) is 0 Å². The molecule has 106 valence electrons. The van der Waals surface area contributed by atoms with Gasteiger partial charge in [0.2, 0.25) is 0 Å². The first kappa shape index (κ1) is 14.8. The van der Waals surface area contributed by atoms with Crippen LogP contribution in [0.5, 0.6) is 0 Å². The number of aromatic nitrogens is 1. The van der Waals surface area contributed by atoms with E-state index >= 15 is 0 Å². The summed E-state index contributed by atoms with van der Waals surface area (Å²) in [6.07, 6.45) is -0.666. The lowest BCUT2D eigenvalue weighted by atomic mass is 10.1. The third-order valence-corrected chi connectivity index (χ3v) is 3.97. The number of thiazole rings is 1. The lowest BCUT2D eigenvalue weighted by molar-refractivity contribution is 0.0606. The van der Waals surface area contributed by atoms with E-state index in [1.807, 2.05) is 30.3 Å². The molecule has 7 heteroatoms. The molecule has 0 amide bonds. The monoisotopic (exact) mass is 312 g/mol. The van der Waals surface area contributed by atoms with Crippen molar-refractivity contribution < 1.29 is 14.6 Å². The van der Waals surface area contributed by atoms with Crippen LogP contribution in [0.1, 0.15) is 21.3 Å². The molecule has 1 aromatic carbocycles. The fourth-order valence-corrected chi connectivity index (χ4v) is 2.68. The van der Waals surface area contributed by atoms with Gasteiger partial charge in [-0.1, -0.05) is 53.3 Å². The Morgan fingerprint density at radius 1 is 1.50 bits per heavy atom. The molecule has 0 fully saturated rings. The molecule has 0 bridgehead atoms. The highest BCUT2D eigenvalue weighted by atomic mass is 35.5. The molecule has 1 aromatic heterocycles. The molecule has 0 aliphatic heterocycles. The molecule has 2 aromatic rings. The summed E-state index contributed by atoms with van der Waals surface area (Å²) in [6, 6.07) is 9.26. The van der Waals surface area contributed by atoms with E-state index in [0.717, 1.165) is 16.9 Å². The SMILES string of the molecule is COC(=O)c1sc(NCC(O)c2ccccc2)nc1Cl. The van der Waals surface area contributed by atoms with Gasteiger partial charge in [-0.25, -0.2) is 9.78 Å². The number of nitrogens with one attached hydrogen (secondary N) is 1. The molecule has 1 atom stereocenters. The molecule has 0 radical (unpaired) electrons. The lowest BCUT2D eigenvalue weighted by Gasteiger charge is -2.11. The van der Waals surface area contributed by atoms with Crippen LogP contribution in [0.4, 0.5) is 5.13 Å². The van der Waals surface area contributed by atoms with E-state index in [1.165, 1.54) is 7.11 Å². The number of aliphatic hydroxyl groups is 1. The van der Waals surface area contributed by atoms with E-state index in [-0.39, 0.29) is 16.6 Å². The Kier molecular flexibility index (Phi) is 4.94. The van der Waals surface area contributed by atoms with Crippen molar-refractivity contribution in [3.05, 3.63) is 45.9 Å². The zero-order valence-electron chi connectivity index (χ0n) is 10.7. The van der Waals surface area contributed by atoms with Crippen LogP contribution in [0.3, 0.4) is 0 Å². The van der Waals surface area contributed by atoms with E-state index in [2.05, 4.69) is 15.0 Å². The third-order valence-electron chi connectivity index (χ3n) is 2.59. The third kappa shape index (κ3) is 3.47. The number of hydrogen-bond donors (Lipinski definition) is 2. The maximum atomic E-state index is 11.4. The fourth-order valence-electron chi connectivity index (χ4n) is 1.57. The number of benzene rings is 1. The van der Waals surface area contributed by atoms with Crippen molar-refractivity contribution in [2.75, 3.05) is 19.0 Å². The number of esters is 1. The molecule has 2 rings (SSSR count). The van der Waals surface area contributed by atoms with Gasteiger partial charge in [0.15, 0.2) is 15.2 Å². The zero-order chi connectivity index (χ0) is 14.5. The Hall–Kier alpha value is -1.63. The number of carbonyl (C=O) groups excluding carboxylic acids is 1. The van der Waals surface area contributed by atoms with Gasteiger partial charge in [0.25, 0.3) is 0 Å². The number of methoxy groups -OCH3 is 1. The highest BCUT2D eigenvalue weighted by Gasteiger charge is 2.17. The highest BCUT2D eigenvalue weighted by molar-refractivity contribution is 7.18. The van der Waals surface area contributed by atoms with E-state index in [4.69, 9.17) is 11.6 Å². The topological polar surface area (TPSA) is 71.5 Å². The van der Waals surface area contributed by atoms with Gasteiger partial charge in [-0.3, -0.25) is 0 Å². The number of aliphatic hydroxyl groups excluding tert-OH is 1. The van der Waals surface area contributed by atoms with Gasteiger partial charge in [0, 0.05) is 6.54 Å². The Bertz CT molecular complexity index is 589. The van der Waals surface area contributed by atoms with Gasteiger partial charge in [-0.2, -0.15) is 0 Å². The van der Waals surface area contributed by atoms with Gasteiger partial charge < -0.3 is 15.2 Å². The smallest absolute Gasteiger partial charge is 0.351 e. The molecular formula is C13H13ClN2O3S. The molecular weight excluding hydrogens is 300 g/mol. The van der Waals surface area contributed by atoms with Crippen molar-refractivity contribution in [3.63, 3.8) is 0 Å². The first-order chi connectivity index (χ1) is 9.61. The van der Waals surface area contributed by atoms with Crippen molar-refractivity contribution in [3.8, 4) is 0 Å². The Balaban J connectivity index is 1.99. The van der Waals surface area contributed by atoms with Crippen molar-refractivity contribution in [2.45, 2.75) is 6.10 Å². The van der Waals surface area contributed by atoms with Crippen LogP contribution in [-0.4, -0.2) is 29.7 Å². The van der Waals surface area contributed by atoms with E-state index < -0.39 is 12.1 Å². The highest BCUT2D eigenvalue weighted by Crippen LogP contribution is 2.28. The summed E-state index contributed by atoms with van der Waals surface area (Å²) in [6.45, 7) is 0.272.